The maximum atomic E-state index is 12.6. The fraction of sp³-hybridized carbons (Fsp3) is 0.421. The van der Waals surface area contributed by atoms with Crippen molar-refractivity contribution in [2.45, 2.75) is 33.9 Å². The fourth-order valence-electron chi connectivity index (χ4n) is 3.00. The fourth-order valence-corrected chi connectivity index (χ4v) is 3.00. The van der Waals surface area contributed by atoms with Crippen molar-refractivity contribution >= 4 is 22.9 Å². The van der Waals surface area contributed by atoms with E-state index in [1.807, 2.05) is 31.2 Å². The molecule has 0 saturated carbocycles. The van der Waals surface area contributed by atoms with Gasteiger partial charge in [-0.05, 0) is 38.2 Å². The van der Waals surface area contributed by atoms with E-state index in [1.54, 1.807) is 16.9 Å². The predicted octanol–water partition coefficient (Wildman–Crippen LogP) is 2.85. The average molecular weight is 354 g/mol. The van der Waals surface area contributed by atoms with Gasteiger partial charge in [-0.25, -0.2) is 4.98 Å². The van der Waals surface area contributed by atoms with Crippen LogP contribution in [0, 0.1) is 0 Å². The van der Waals surface area contributed by atoms with Crippen LogP contribution in [-0.2, 0) is 13.1 Å². The number of carbonyl (C=O) groups is 1. The highest BCUT2D eigenvalue weighted by molar-refractivity contribution is 6.02. The van der Waals surface area contributed by atoms with Gasteiger partial charge in [-0.15, -0.1) is 0 Å². The lowest BCUT2D eigenvalue weighted by molar-refractivity contribution is 0.102. The Labute approximate surface area is 153 Å². The van der Waals surface area contributed by atoms with Crippen molar-refractivity contribution in [2.24, 2.45) is 0 Å². The van der Waals surface area contributed by atoms with E-state index in [2.05, 4.69) is 38.7 Å². The molecule has 138 valence electrons. The molecule has 0 radical (unpaired) electrons. The van der Waals surface area contributed by atoms with E-state index in [-0.39, 0.29) is 5.91 Å². The molecule has 0 aliphatic heterocycles. The first-order valence-electron chi connectivity index (χ1n) is 9.18. The number of aryl methyl sites for hydroxylation is 1. The Hall–Kier alpha value is -2.67. The summed E-state index contributed by atoms with van der Waals surface area (Å²) >= 11 is 0. The molecule has 7 heteroatoms. The number of hydrogen-bond acceptors (Lipinski definition) is 4. The van der Waals surface area contributed by atoms with Crippen LogP contribution in [0.4, 0.5) is 5.95 Å². The van der Waals surface area contributed by atoms with Crippen LogP contribution in [0.1, 0.15) is 31.3 Å². The van der Waals surface area contributed by atoms with Crippen LogP contribution in [0.3, 0.4) is 0 Å². The Morgan fingerprint density at radius 3 is 2.62 bits per heavy atom. The number of nitrogens with zero attached hydrogens (tertiary/aromatic N) is 5. The van der Waals surface area contributed by atoms with E-state index in [0.29, 0.717) is 11.6 Å². The monoisotopic (exact) mass is 354 g/mol. The van der Waals surface area contributed by atoms with Gasteiger partial charge in [0.15, 0.2) is 5.69 Å². The molecule has 0 aliphatic rings. The van der Waals surface area contributed by atoms with Crippen LogP contribution in [0.2, 0.25) is 0 Å². The van der Waals surface area contributed by atoms with Crippen LogP contribution in [-0.4, -0.2) is 49.8 Å². The Kier molecular flexibility index (Phi) is 5.68. The van der Waals surface area contributed by atoms with Crippen molar-refractivity contribution < 1.29 is 4.79 Å². The van der Waals surface area contributed by atoms with Crippen molar-refractivity contribution in [1.82, 2.24) is 24.2 Å². The van der Waals surface area contributed by atoms with E-state index in [4.69, 9.17) is 0 Å². The largest absolute Gasteiger partial charge is 0.309 e. The minimum atomic E-state index is -0.239. The number of imidazole rings is 1. The first kappa shape index (κ1) is 18.1. The third-order valence-electron chi connectivity index (χ3n) is 4.61. The van der Waals surface area contributed by atoms with Crippen LogP contribution in [0.15, 0.2) is 36.5 Å². The number of rotatable bonds is 8. The summed E-state index contributed by atoms with van der Waals surface area (Å²) in [5, 5.41) is 7.20. The molecule has 0 bridgehead atoms. The molecule has 3 rings (SSSR count). The highest BCUT2D eigenvalue weighted by Crippen LogP contribution is 2.20. The number of fused-ring (bicyclic) bond motifs is 1. The molecule has 3 aromatic rings. The van der Waals surface area contributed by atoms with E-state index >= 15 is 0 Å². The summed E-state index contributed by atoms with van der Waals surface area (Å²) in [5.74, 6) is 0.325. The summed E-state index contributed by atoms with van der Waals surface area (Å²) in [6.45, 7) is 10.7. The number of amides is 1. The summed E-state index contributed by atoms with van der Waals surface area (Å²) in [6.07, 6.45) is 1.80. The quantitative estimate of drug-likeness (QED) is 0.675. The molecule has 2 aromatic heterocycles. The number of carbonyl (C=O) groups excluding carboxylic acids is 1. The highest BCUT2D eigenvalue weighted by atomic mass is 16.2. The van der Waals surface area contributed by atoms with Crippen LogP contribution in [0.5, 0.6) is 0 Å². The summed E-state index contributed by atoms with van der Waals surface area (Å²) in [5.41, 5.74) is 2.30. The minimum Gasteiger partial charge on any atom is -0.309 e. The Bertz CT molecular complexity index is 877. The molecule has 7 nitrogen and oxygen atoms in total. The van der Waals surface area contributed by atoms with Gasteiger partial charge in [0.25, 0.3) is 5.91 Å². The molecule has 1 aromatic carbocycles. The van der Waals surface area contributed by atoms with Gasteiger partial charge in [-0.1, -0.05) is 26.0 Å². The molecule has 2 heterocycles. The lowest BCUT2D eigenvalue weighted by Gasteiger charge is -2.19. The Balaban J connectivity index is 1.86. The third kappa shape index (κ3) is 3.77. The van der Waals surface area contributed by atoms with Gasteiger partial charge in [0.2, 0.25) is 5.95 Å². The maximum Gasteiger partial charge on any atom is 0.278 e. The number of benzene rings is 1. The van der Waals surface area contributed by atoms with Crippen LogP contribution < -0.4 is 5.32 Å². The third-order valence-corrected chi connectivity index (χ3v) is 4.61. The molecule has 0 spiro atoms. The second-order valence-electron chi connectivity index (χ2n) is 6.11. The Morgan fingerprint density at radius 2 is 1.92 bits per heavy atom. The number of hydrogen-bond donors (Lipinski definition) is 1. The van der Waals surface area contributed by atoms with E-state index in [9.17, 15) is 4.79 Å². The summed E-state index contributed by atoms with van der Waals surface area (Å²) in [4.78, 5) is 19.5. The lowest BCUT2D eigenvalue weighted by Crippen LogP contribution is -2.27. The number of likely N-dealkylation sites (N-methyl/N-ethyl adjacent to an activating group) is 1. The molecule has 0 unspecified atom stereocenters. The predicted molar refractivity (Wildman–Crippen MR) is 103 cm³/mol. The summed E-state index contributed by atoms with van der Waals surface area (Å²) in [6, 6.07) is 9.67. The standard InChI is InChI=1S/C19H26N6O/c1-4-23(5-2)13-14-25-17-10-8-7-9-15(17)20-19(25)21-18(26)16-11-12-24(6-3)22-16/h7-12H,4-6,13-14H2,1-3H3,(H,20,21,26). The van der Waals surface area contributed by atoms with E-state index < -0.39 is 0 Å². The van der Waals surface area contributed by atoms with Gasteiger partial charge in [-0.3, -0.25) is 14.8 Å². The van der Waals surface area contributed by atoms with Gasteiger partial charge in [0.05, 0.1) is 11.0 Å². The number of anilines is 1. The van der Waals surface area contributed by atoms with Crippen molar-refractivity contribution in [1.29, 1.82) is 0 Å². The van der Waals surface area contributed by atoms with Gasteiger partial charge in [-0.2, -0.15) is 5.10 Å². The average Bonchev–Trinajstić information content (AvgIpc) is 3.27. The first-order valence-corrected chi connectivity index (χ1v) is 9.18. The number of para-hydroxylation sites is 2. The lowest BCUT2D eigenvalue weighted by atomic mass is 10.3. The van der Waals surface area contributed by atoms with Crippen molar-refractivity contribution in [3.05, 3.63) is 42.2 Å². The normalized spacial score (nSPS) is 11.4. The van der Waals surface area contributed by atoms with E-state index in [1.165, 1.54) is 0 Å². The number of nitrogens with one attached hydrogen (secondary N) is 1. The van der Waals surface area contributed by atoms with Gasteiger partial charge < -0.3 is 9.47 Å². The highest BCUT2D eigenvalue weighted by Gasteiger charge is 2.16. The second-order valence-corrected chi connectivity index (χ2v) is 6.11. The van der Waals surface area contributed by atoms with Crippen LogP contribution in [0.25, 0.3) is 11.0 Å². The van der Waals surface area contributed by atoms with Crippen molar-refractivity contribution in [3.8, 4) is 0 Å². The molecule has 1 amide bonds. The molecule has 0 saturated heterocycles. The SMILES string of the molecule is CCN(CC)CCn1c(NC(=O)c2ccn(CC)n2)nc2ccccc21. The van der Waals surface area contributed by atoms with Gasteiger partial charge in [0, 0.05) is 25.8 Å². The molecular formula is C19H26N6O. The first-order chi connectivity index (χ1) is 12.7. The zero-order valence-corrected chi connectivity index (χ0v) is 15.6. The summed E-state index contributed by atoms with van der Waals surface area (Å²) < 4.78 is 3.81. The molecule has 0 atom stereocenters. The van der Waals surface area contributed by atoms with Crippen molar-refractivity contribution in [2.75, 3.05) is 25.0 Å². The van der Waals surface area contributed by atoms with Crippen molar-refractivity contribution in [3.63, 3.8) is 0 Å². The molecule has 0 fully saturated rings. The smallest absolute Gasteiger partial charge is 0.278 e. The van der Waals surface area contributed by atoms with Gasteiger partial charge >= 0.3 is 0 Å². The second kappa shape index (κ2) is 8.14. The van der Waals surface area contributed by atoms with Crippen LogP contribution >= 0.6 is 0 Å². The molecule has 0 aliphatic carbocycles. The maximum absolute atomic E-state index is 12.6. The van der Waals surface area contributed by atoms with E-state index in [0.717, 1.165) is 43.8 Å². The molecular weight excluding hydrogens is 328 g/mol. The molecule has 1 N–H and O–H groups in total. The number of aromatic nitrogens is 4. The topological polar surface area (TPSA) is 68.0 Å². The Morgan fingerprint density at radius 1 is 1.15 bits per heavy atom. The minimum absolute atomic E-state index is 0.239. The van der Waals surface area contributed by atoms with Gasteiger partial charge in [0.1, 0.15) is 0 Å². The summed E-state index contributed by atoms with van der Waals surface area (Å²) in [7, 11) is 0. The zero-order chi connectivity index (χ0) is 18.5. The zero-order valence-electron chi connectivity index (χ0n) is 15.6. The molecule has 26 heavy (non-hydrogen) atoms.